The van der Waals surface area contributed by atoms with E-state index in [1.54, 1.807) is 29.7 Å². The van der Waals surface area contributed by atoms with Crippen LogP contribution in [0.4, 0.5) is 18.9 Å². The van der Waals surface area contributed by atoms with E-state index in [0.29, 0.717) is 11.4 Å². The first-order valence-electron chi connectivity index (χ1n) is 9.33. The summed E-state index contributed by atoms with van der Waals surface area (Å²) in [6.07, 6.45) is -2.97. The summed E-state index contributed by atoms with van der Waals surface area (Å²) in [5.74, 6) is -0.740. The molecule has 0 saturated heterocycles. The van der Waals surface area contributed by atoms with E-state index in [4.69, 9.17) is 16.3 Å². The molecule has 2 N–H and O–H groups in total. The molecule has 0 aliphatic heterocycles. The number of benzene rings is 2. The molecular formula is C21H17ClF3N3O4S. The second kappa shape index (κ2) is 10.1. The van der Waals surface area contributed by atoms with Gasteiger partial charge in [-0.3, -0.25) is 14.5 Å². The molecule has 3 rings (SSSR count). The van der Waals surface area contributed by atoms with Crippen molar-refractivity contribution in [2.24, 2.45) is 0 Å². The lowest BCUT2D eigenvalue weighted by atomic mass is 10.2. The highest BCUT2D eigenvalue weighted by Gasteiger charge is 2.28. The zero-order chi connectivity index (χ0) is 24.1. The molecule has 0 bridgehead atoms. The first-order valence-corrected chi connectivity index (χ1v) is 11.2. The van der Waals surface area contributed by atoms with Crippen LogP contribution in [-0.2, 0) is 16.6 Å². The Balaban J connectivity index is 1.70. The van der Waals surface area contributed by atoms with E-state index in [1.807, 2.05) is 0 Å². The van der Waals surface area contributed by atoms with Gasteiger partial charge >= 0.3 is 6.18 Å². The van der Waals surface area contributed by atoms with Crippen LogP contribution in [0.1, 0.15) is 16.1 Å². The van der Waals surface area contributed by atoms with Gasteiger partial charge in [-0.1, -0.05) is 23.7 Å². The maximum absolute atomic E-state index is 12.7. The molecule has 0 aliphatic rings. The second-order valence-electron chi connectivity index (χ2n) is 6.69. The van der Waals surface area contributed by atoms with Crippen LogP contribution < -0.4 is 14.8 Å². The zero-order valence-corrected chi connectivity index (χ0v) is 18.3. The minimum atomic E-state index is -4.59. The molecule has 0 fully saturated rings. The summed E-state index contributed by atoms with van der Waals surface area (Å²) in [6.45, 7) is -1.37. The maximum Gasteiger partial charge on any atom is 0.405 e. The number of sulfonamides is 1. The highest BCUT2D eigenvalue weighted by molar-refractivity contribution is 7.92. The van der Waals surface area contributed by atoms with Gasteiger partial charge in [0.25, 0.3) is 15.9 Å². The summed E-state index contributed by atoms with van der Waals surface area (Å²) >= 11 is 6.18. The summed E-state index contributed by atoms with van der Waals surface area (Å²) in [6, 6.07) is 14.2. The highest BCUT2D eigenvalue weighted by Crippen LogP contribution is 2.29. The minimum Gasteiger partial charge on any atom is -0.486 e. The van der Waals surface area contributed by atoms with Crippen LogP contribution in [0.5, 0.6) is 5.75 Å². The third-order valence-electron chi connectivity index (χ3n) is 4.14. The number of hydrogen-bond acceptors (Lipinski definition) is 5. The van der Waals surface area contributed by atoms with E-state index >= 15 is 0 Å². The molecule has 7 nitrogen and oxygen atoms in total. The highest BCUT2D eigenvalue weighted by atomic mass is 35.5. The number of aromatic nitrogens is 1. The Kier molecular flexibility index (Phi) is 7.44. The zero-order valence-electron chi connectivity index (χ0n) is 16.8. The minimum absolute atomic E-state index is 0.122. The number of hydrogen-bond donors (Lipinski definition) is 2. The molecule has 3 aromatic rings. The number of pyridine rings is 1. The van der Waals surface area contributed by atoms with Crippen molar-refractivity contribution in [1.82, 2.24) is 10.3 Å². The van der Waals surface area contributed by atoms with Crippen molar-refractivity contribution in [3.05, 3.63) is 83.1 Å². The fourth-order valence-electron chi connectivity index (χ4n) is 2.62. The lowest BCUT2D eigenvalue weighted by Crippen LogP contribution is -2.33. The van der Waals surface area contributed by atoms with Gasteiger partial charge in [-0.15, -0.1) is 0 Å². The Hall–Kier alpha value is -3.31. The van der Waals surface area contributed by atoms with Crippen molar-refractivity contribution in [2.75, 3.05) is 11.3 Å². The average Bonchev–Trinajstić information content (AvgIpc) is 2.77. The van der Waals surface area contributed by atoms with Crippen LogP contribution in [0.3, 0.4) is 0 Å². The second-order valence-corrected chi connectivity index (χ2v) is 8.78. The molecule has 1 amide bonds. The van der Waals surface area contributed by atoms with Crippen molar-refractivity contribution in [3.8, 4) is 5.75 Å². The van der Waals surface area contributed by atoms with Gasteiger partial charge in [0, 0.05) is 11.8 Å². The lowest BCUT2D eigenvalue weighted by molar-refractivity contribution is -0.123. The molecule has 0 saturated carbocycles. The van der Waals surface area contributed by atoms with E-state index in [1.165, 1.54) is 36.4 Å². The molecule has 0 spiro atoms. The van der Waals surface area contributed by atoms with Gasteiger partial charge in [0.15, 0.2) is 0 Å². The first kappa shape index (κ1) is 24.3. The van der Waals surface area contributed by atoms with E-state index in [9.17, 15) is 26.4 Å². The summed E-state index contributed by atoms with van der Waals surface area (Å²) in [7, 11) is -4.16. The topological polar surface area (TPSA) is 97.4 Å². The van der Waals surface area contributed by atoms with Crippen LogP contribution in [0.25, 0.3) is 0 Å². The average molecular weight is 500 g/mol. The van der Waals surface area contributed by atoms with Crippen molar-refractivity contribution >= 4 is 33.2 Å². The smallest absolute Gasteiger partial charge is 0.405 e. The number of nitrogens with zero attached hydrogens (tertiary/aromatic N) is 1. The number of rotatable bonds is 8. The van der Waals surface area contributed by atoms with E-state index in [0.717, 1.165) is 6.07 Å². The largest absolute Gasteiger partial charge is 0.486 e. The maximum atomic E-state index is 12.7. The van der Waals surface area contributed by atoms with Gasteiger partial charge in [0.1, 0.15) is 18.9 Å². The predicted molar refractivity (Wildman–Crippen MR) is 116 cm³/mol. The van der Waals surface area contributed by atoms with Crippen molar-refractivity contribution < 1.29 is 31.1 Å². The number of carbonyl (C=O) groups excluding carboxylic acids is 1. The van der Waals surface area contributed by atoms with Crippen LogP contribution in [0.2, 0.25) is 5.02 Å². The normalized spacial score (nSPS) is 11.6. The Labute approximate surface area is 192 Å². The molecule has 0 aliphatic carbocycles. The fourth-order valence-corrected chi connectivity index (χ4v) is 3.95. The molecule has 1 heterocycles. The van der Waals surface area contributed by atoms with E-state index < -0.39 is 28.7 Å². The van der Waals surface area contributed by atoms with Crippen LogP contribution in [-0.4, -0.2) is 32.0 Å². The molecule has 0 unspecified atom stereocenters. The summed E-state index contributed by atoms with van der Waals surface area (Å²) in [5, 5.41) is 1.83. The van der Waals surface area contributed by atoms with Crippen molar-refractivity contribution in [2.45, 2.75) is 17.7 Å². The van der Waals surface area contributed by atoms with E-state index in [2.05, 4.69) is 9.71 Å². The number of ether oxygens (including phenoxy) is 1. The summed E-state index contributed by atoms with van der Waals surface area (Å²) in [5.41, 5.74) is 0.563. The Morgan fingerprint density at radius 2 is 1.85 bits per heavy atom. The Morgan fingerprint density at radius 1 is 1.06 bits per heavy atom. The van der Waals surface area contributed by atoms with Crippen LogP contribution in [0, 0.1) is 0 Å². The summed E-state index contributed by atoms with van der Waals surface area (Å²) < 4.78 is 70.2. The lowest BCUT2D eigenvalue weighted by Gasteiger charge is -2.12. The van der Waals surface area contributed by atoms with Gasteiger partial charge in [0.05, 0.1) is 21.3 Å². The third-order valence-corrected chi connectivity index (χ3v) is 5.82. The van der Waals surface area contributed by atoms with Gasteiger partial charge in [-0.05, 0) is 48.5 Å². The third kappa shape index (κ3) is 7.09. The molecule has 12 heteroatoms. The van der Waals surface area contributed by atoms with Gasteiger partial charge < -0.3 is 10.1 Å². The quantitative estimate of drug-likeness (QED) is 0.478. The predicted octanol–water partition coefficient (Wildman–Crippen LogP) is 4.41. The molecule has 0 radical (unpaired) electrons. The van der Waals surface area contributed by atoms with Gasteiger partial charge in [0.2, 0.25) is 0 Å². The standard InChI is InChI=1S/C21H17ClF3N3O4S/c22-18-11-15(7-8-19(18)32-12-16-5-1-2-9-26-16)28-33(30,31)17-6-3-4-14(10-17)20(29)27-13-21(23,24)25/h1-11,28H,12-13H2,(H,27,29). The van der Waals surface area contributed by atoms with Crippen LogP contribution >= 0.6 is 11.6 Å². The van der Waals surface area contributed by atoms with Gasteiger partial charge in [-0.25, -0.2) is 8.42 Å². The number of nitrogens with one attached hydrogen (secondary N) is 2. The monoisotopic (exact) mass is 499 g/mol. The molecule has 174 valence electrons. The van der Waals surface area contributed by atoms with Crippen molar-refractivity contribution in [1.29, 1.82) is 0 Å². The molecule has 1 aromatic heterocycles. The van der Waals surface area contributed by atoms with E-state index in [-0.39, 0.29) is 27.8 Å². The fraction of sp³-hybridized carbons (Fsp3) is 0.143. The summed E-state index contributed by atoms with van der Waals surface area (Å²) in [4.78, 5) is 15.7. The molecule has 0 atom stereocenters. The van der Waals surface area contributed by atoms with Crippen LogP contribution in [0.15, 0.2) is 71.8 Å². The number of amides is 1. The molecular weight excluding hydrogens is 483 g/mol. The first-order chi connectivity index (χ1) is 15.5. The number of carbonyl (C=O) groups is 1. The number of alkyl halides is 3. The Bertz CT molecular complexity index is 1240. The van der Waals surface area contributed by atoms with Gasteiger partial charge in [-0.2, -0.15) is 13.2 Å². The number of anilines is 1. The molecule has 33 heavy (non-hydrogen) atoms. The number of halogens is 4. The molecule has 2 aromatic carbocycles. The Morgan fingerprint density at radius 3 is 2.52 bits per heavy atom. The SMILES string of the molecule is O=C(NCC(F)(F)F)c1cccc(S(=O)(=O)Nc2ccc(OCc3ccccn3)c(Cl)c2)c1. The van der Waals surface area contributed by atoms with Crippen molar-refractivity contribution in [3.63, 3.8) is 0 Å².